The van der Waals surface area contributed by atoms with Crippen LogP contribution in [0.25, 0.3) is 5.69 Å². The van der Waals surface area contributed by atoms with Crippen LogP contribution < -0.4 is 11.1 Å². The summed E-state index contributed by atoms with van der Waals surface area (Å²) >= 11 is 6.22. The summed E-state index contributed by atoms with van der Waals surface area (Å²) in [6.07, 6.45) is 6.03. The van der Waals surface area contributed by atoms with E-state index in [0.29, 0.717) is 22.8 Å². The average molecular weight is 307 g/mol. The van der Waals surface area contributed by atoms with Crippen molar-refractivity contribution < 1.29 is 4.79 Å². The molecule has 5 nitrogen and oxygen atoms in total. The van der Waals surface area contributed by atoms with Crippen molar-refractivity contribution in [2.45, 2.75) is 32.2 Å². The third-order valence-electron chi connectivity index (χ3n) is 3.18. The highest BCUT2D eigenvalue weighted by atomic mass is 35.5. The van der Waals surface area contributed by atoms with Crippen LogP contribution in [0.5, 0.6) is 0 Å². The maximum atomic E-state index is 12.1. The molecular formula is C15H19ClN4O. The maximum Gasteiger partial charge on any atom is 0.241 e. The Kier molecular flexibility index (Phi) is 5.36. The average Bonchev–Trinajstić information content (AvgIpc) is 2.98. The van der Waals surface area contributed by atoms with Crippen LogP contribution in [0.1, 0.15) is 26.2 Å². The van der Waals surface area contributed by atoms with Crippen LogP contribution in [0.4, 0.5) is 5.69 Å². The molecule has 0 saturated heterocycles. The molecule has 0 radical (unpaired) electrons. The number of anilines is 1. The van der Waals surface area contributed by atoms with Crippen molar-refractivity contribution in [3.05, 3.63) is 41.7 Å². The minimum absolute atomic E-state index is 0.209. The lowest BCUT2D eigenvalue weighted by molar-refractivity contribution is -0.117. The first-order valence-electron chi connectivity index (χ1n) is 6.98. The van der Waals surface area contributed by atoms with Crippen LogP contribution >= 0.6 is 11.6 Å². The molecule has 112 valence electrons. The van der Waals surface area contributed by atoms with Gasteiger partial charge in [-0.15, -0.1) is 0 Å². The van der Waals surface area contributed by atoms with Crippen LogP contribution in [-0.2, 0) is 4.79 Å². The number of rotatable bonds is 6. The summed E-state index contributed by atoms with van der Waals surface area (Å²) < 4.78 is 1.62. The van der Waals surface area contributed by atoms with Crippen molar-refractivity contribution in [1.29, 1.82) is 0 Å². The van der Waals surface area contributed by atoms with Crippen molar-refractivity contribution in [3.8, 4) is 5.69 Å². The fraction of sp³-hybridized carbons (Fsp3) is 0.333. The summed E-state index contributed by atoms with van der Waals surface area (Å²) in [6, 6.07) is 6.60. The molecule has 2 aromatic rings. The zero-order valence-electron chi connectivity index (χ0n) is 11.9. The van der Waals surface area contributed by atoms with Gasteiger partial charge in [0, 0.05) is 12.4 Å². The molecule has 21 heavy (non-hydrogen) atoms. The van der Waals surface area contributed by atoms with Crippen molar-refractivity contribution in [2.24, 2.45) is 5.73 Å². The minimum atomic E-state index is -0.519. The lowest BCUT2D eigenvalue weighted by Gasteiger charge is -2.15. The number of nitrogens with zero attached hydrogens (tertiary/aromatic N) is 2. The van der Waals surface area contributed by atoms with Gasteiger partial charge in [0.25, 0.3) is 0 Å². The number of amides is 1. The number of unbranched alkanes of at least 4 members (excludes halogenated alkanes) is 1. The molecule has 1 atom stereocenters. The number of nitrogens with two attached hydrogens (primary N) is 1. The molecule has 2 rings (SSSR count). The largest absolute Gasteiger partial charge is 0.323 e. The number of hydrogen-bond acceptors (Lipinski definition) is 3. The number of carbonyl (C=O) groups excluding carboxylic acids is 1. The van der Waals surface area contributed by atoms with Gasteiger partial charge in [-0.05, 0) is 24.6 Å². The quantitative estimate of drug-likeness (QED) is 0.861. The van der Waals surface area contributed by atoms with Gasteiger partial charge in [0.05, 0.1) is 16.8 Å². The second kappa shape index (κ2) is 7.24. The number of nitrogens with one attached hydrogen (secondary N) is 1. The van der Waals surface area contributed by atoms with E-state index in [1.807, 2.05) is 0 Å². The van der Waals surface area contributed by atoms with Crippen LogP contribution in [0.2, 0.25) is 5.02 Å². The van der Waals surface area contributed by atoms with Gasteiger partial charge in [0.15, 0.2) is 0 Å². The number of aromatic nitrogens is 2. The second-order valence-corrected chi connectivity index (χ2v) is 5.23. The molecule has 1 aromatic heterocycles. The first-order chi connectivity index (χ1) is 10.1. The molecule has 0 spiro atoms. The summed E-state index contributed by atoms with van der Waals surface area (Å²) in [5.41, 5.74) is 7.13. The Morgan fingerprint density at radius 2 is 2.29 bits per heavy atom. The second-order valence-electron chi connectivity index (χ2n) is 4.82. The molecule has 3 N–H and O–H groups in total. The Bertz CT molecular complexity index is 598. The first-order valence-corrected chi connectivity index (χ1v) is 7.36. The highest BCUT2D eigenvalue weighted by Gasteiger charge is 2.16. The summed E-state index contributed by atoms with van der Waals surface area (Å²) in [7, 11) is 0. The van der Waals surface area contributed by atoms with Gasteiger partial charge in [-0.25, -0.2) is 4.68 Å². The van der Waals surface area contributed by atoms with E-state index >= 15 is 0 Å². The molecule has 0 aliphatic carbocycles. The normalized spacial score (nSPS) is 12.1. The number of hydrogen-bond donors (Lipinski definition) is 2. The van der Waals surface area contributed by atoms with Gasteiger partial charge in [0.1, 0.15) is 5.69 Å². The Balaban J connectivity index is 2.21. The van der Waals surface area contributed by atoms with E-state index in [-0.39, 0.29) is 5.91 Å². The number of benzene rings is 1. The van der Waals surface area contributed by atoms with Gasteiger partial charge in [-0.1, -0.05) is 37.4 Å². The molecule has 1 heterocycles. The van der Waals surface area contributed by atoms with Crippen LogP contribution in [-0.4, -0.2) is 21.7 Å². The van der Waals surface area contributed by atoms with E-state index in [1.54, 1.807) is 41.3 Å². The van der Waals surface area contributed by atoms with Gasteiger partial charge in [-0.3, -0.25) is 4.79 Å². The van der Waals surface area contributed by atoms with Gasteiger partial charge < -0.3 is 11.1 Å². The van der Waals surface area contributed by atoms with Crippen molar-refractivity contribution in [1.82, 2.24) is 9.78 Å². The highest BCUT2D eigenvalue weighted by Crippen LogP contribution is 2.28. The van der Waals surface area contributed by atoms with E-state index in [2.05, 4.69) is 17.3 Å². The lowest BCUT2D eigenvalue weighted by atomic mass is 10.1. The topological polar surface area (TPSA) is 72.9 Å². The van der Waals surface area contributed by atoms with E-state index in [1.165, 1.54) is 0 Å². The first kappa shape index (κ1) is 15.5. The summed E-state index contributed by atoms with van der Waals surface area (Å²) in [5, 5.41) is 7.51. The third kappa shape index (κ3) is 3.83. The predicted molar refractivity (Wildman–Crippen MR) is 84.7 cm³/mol. The van der Waals surface area contributed by atoms with Crippen LogP contribution in [0.15, 0.2) is 36.7 Å². The standard InChI is InChI=1S/C15H19ClN4O/c1-2-3-7-12(17)15(21)19-13-8-4-6-11(16)14(13)20-10-5-9-18-20/h4-6,8-10,12H,2-3,7,17H2,1H3,(H,19,21). The maximum absolute atomic E-state index is 12.1. The smallest absolute Gasteiger partial charge is 0.241 e. The monoisotopic (exact) mass is 306 g/mol. The molecule has 0 fully saturated rings. The Morgan fingerprint density at radius 1 is 1.48 bits per heavy atom. The SMILES string of the molecule is CCCCC(N)C(=O)Nc1cccc(Cl)c1-n1cccn1. The van der Waals surface area contributed by atoms with E-state index in [9.17, 15) is 4.79 Å². The molecule has 6 heteroatoms. The molecule has 1 amide bonds. The Morgan fingerprint density at radius 3 is 2.95 bits per heavy atom. The van der Waals surface area contributed by atoms with Crippen molar-refractivity contribution >= 4 is 23.2 Å². The third-order valence-corrected chi connectivity index (χ3v) is 3.49. The molecule has 0 aliphatic heterocycles. The predicted octanol–water partition coefficient (Wildman–Crippen LogP) is 2.98. The summed E-state index contributed by atoms with van der Waals surface area (Å²) in [5.74, 6) is -0.209. The number of carbonyl (C=O) groups is 1. The fourth-order valence-electron chi connectivity index (χ4n) is 2.03. The zero-order valence-corrected chi connectivity index (χ0v) is 12.7. The molecule has 0 bridgehead atoms. The Labute approximate surface area is 129 Å². The van der Waals surface area contributed by atoms with E-state index in [4.69, 9.17) is 17.3 Å². The molecule has 1 aromatic carbocycles. The van der Waals surface area contributed by atoms with Gasteiger partial charge in [0.2, 0.25) is 5.91 Å². The van der Waals surface area contributed by atoms with Gasteiger partial charge >= 0.3 is 0 Å². The molecular weight excluding hydrogens is 288 g/mol. The van der Waals surface area contributed by atoms with E-state index < -0.39 is 6.04 Å². The number of para-hydroxylation sites is 1. The molecule has 0 saturated carbocycles. The Hall–Kier alpha value is -1.85. The fourth-order valence-corrected chi connectivity index (χ4v) is 2.29. The van der Waals surface area contributed by atoms with Gasteiger partial charge in [-0.2, -0.15) is 5.10 Å². The van der Waals surface area contributed by atoms with Crippen LogP contribution in [0, 0.1) is 0 Å². The highest BCUT2D eigenvalue weighted by molar-refractivity contribution is 6.33. The zero-order chi connectivity index (χ0) is 15.2. The molecule has 1 unspecified atom stereocenters. The van der Waals surface area contributed by atoms with Crippen molar-refractivity contribution in [2.75, 3.05) is 5.32 Å². The number of halogens is 1. The summed E-state index contributed by atoms with van der Waals surface area (Å²) in [4.78, 5) is 12.1. The summed E-state index contributed by atoms with van der Waals surface area (Å²) in [6.45, 7) is 2.07. The van der Waals surface area contributed by atoms with Crippen LogP contribution in [0.3, 0.4) is 0 Å². The lowest BCUT2D eigenvalue weighted by Crippen LogP contribution is -2.35. The van der Waals surface area contributed by atoms with E-state index in [0.717, 1.165) is 12.8 Å². The molecule has 0 aliphatic rings. The minimum Gasteiger partial charge on any atom is -0.323 e. The van der Waals surface area contributed by atoms with Crippen molar-refractivity contribution in [3.63, 3.8) is 0 Å².